The number of hydrogen-bond acceptors (Lipinski definition) is 2. The van der Waals surface area contributed by atoms with Gasteiger partial charge in [-0.3, -0.25) is 0 Å². The first-order chi connectivity index (χ1) is 7.00. The lowest BCUT2D eigenvalue weighted by atomic mass is 10.1. The van der Waals surface area contributed by atoms with Crippen molar-refractivity contribution >= 4 is 11.8 Å². The van der Waals surface area contributed by atoms with Gasteiger partial charge in [-0.2, -0.15) is 0 Å². The topological polar surface area (TPSA) is 23.5 Å². The summed E-state index contributed by atoms with van der Waals surface area (Å²) in [6.45, 7) is 3.71. The van der Waals surface area contributed by atoms with E-state index >= 15 is 0 Å². The molecule has 0 bridgehead atoms. The molecule has 0 heterocycles. The largest absolute Gasteiger partial charge is 0.389 e. The molecule has 1 N–H and O–H groups in total. The van der Waals surface area contributed by atoms with Gasteiger partial charge in [0, 0.05) is 19.8 Å². The number of hydrogen-bond donors (Lipinski definition) is 1. The minimum atomic E-state index is -0.376. The van der Waals surface area contributed by atoms with Crippen LogP contribution >= 0.6 is 0 Å². The molecule has 0 amide bonds. The van der Waals surface area contributed by atoms with Crippen LogP contribution in [0.3, 0.4) is 0 Å². The molecular weight excluding hydrogens is 186 g/mol. The Morgan fingerprint density at radius 3 is 2.20 bits per heavy atom. The summed E-state index contributed by atoms with van der Waals surface area (Å²) in [6.07, 6.45) is 1.63. The minimum absolute atomic E-state index is 0.376. The zero-order valence-electron chi connectivity index (χ0n) is 9.86. The third kappa shape index (κ3) is 3.40. The van der Waals surface area contributed by atoms with Gasteiger partial charge >= 0.3 is 0 Å². The van der Waals surface area contributed by atoms with Gasteiger partial charge in [0.2, 0.25) is 0 Å². The second-order valence-corrected chi connectivity index (χ2v) is 4.05. The molecule has 0 aliphatic heterocycles. The van der Waals surface area contributed by atoms with Crippen LogP contribution in [0.1, 0.15) is 19.4 Å². The summed E-state index contributed by atoms with van der Waals surface area (Å²) < 4.78 is 0. The fraction of sp³-hybridized carbons (Fsp3) is 0.385. The Labute approximate surface area is 91.9 Å². The SMILES string of the molecule is C/C(=C\c1ccc(N(C)C)cc1)C(C)O. The lowest BCUT2D eigenvalue weighted by Gasteiger charge is -2.12. The van der Waals surface area contributed by atoms with E-state index < -0.39 is 0 Å². The Kier molecular flexibility index (Phi) is 3.92. The van der Waals surface area contributed by atoms with E-state index in [1.807, 2.05) is 27.1 Å². The van der Waals surface area contributed by atoms with Crippen LogP contribution in [0, 0.1) is 0 Å². The smallest absolute Gasteiger partial charge is 0.0722 e. The van der Waals surface area contributed by atoms with Crippen LogP contribution in [0.25, 0.3) is 6.08 Å². The van der Waals surface area contributed by atoms with Gasteiger partial charge in [-0.15, -0.1) is 0 Å². The molecule has 0 spiro atoms. The Bertz CT molecular complexity index is 336. The van der Waals surface area contributed by atoms with Crippen LogP contribution in [0.15, 0.2) is 29.8 Å². The normalized spacial score (nSPS) is 13.8. The third-order valence-electron chi connectivity index (χ3n) is 2.46. The molecule has 0 fully saturated rings. The number of benzene rings is 1. The van der Waals surface area contributed by atoms with Crippen molar-refractivity contribution in [1.82, 2.24) is 0 Å². The Hall–Kier alpha value is -1.28. The third-order valence-corrected chi connectivity index (χ3v) is 2.46. The van der Waals surface area contributed by atoms with Crippen molar-refractivity contribution in [2.24, 2.45) is 0 Å². The van der Waals surface area contributed by atoms with E-state index in [0.29, 0.717) is 0 Å². The predicted molar refractivity (Wildman–Crippen MR) is 66.1 cm³/mol. The average molecular weight is 205 g/mol. The summed E-state index contributed by atoms with van der Waals surface area (Å²) >= 11 is 0. The van der Waals surface area contributed by atoms with Gasteiger partial charge in [0.15, 0.2) is 0 Å². The maximum atomic E-state index is 9.35. The molecule has 2 nitrogen and oxygen atoms in total. The number of aliphatic hydroxyl groups excluding tert-OH is 1. The van der Waals surface area contributed by atoms with Crippen LogP contribution in [-0.2, 0) is 0 Å². The highest BCUT2D eigenvalue weighted by molar-refractivity contribution is 5.57. The second kappa shape index (κ2) is 4.99. The summed E-state index contributed by atoms with van der Waals surface area (Å²) in [4.78, 5) is 2.06. The van der Waals surface area contributed by atoms with E-state index in [9.17, 15) is 5.11 Å². The first kappa shape index (κ1) is 11.8. The van der Waals surface area contributed by atoms with Crippen molar-refractivity contribution < 1.29 is 5.11 Å². The Balaban J connectivity index is 2.85. The molecule has 0 aliphatic rings. The van der Waals surface area contributed by atoms with Gasteiger partial charge in [0.05, 0.1) is 6.10 Å². The zero-order chi connectivity index (χ0) is 11.4. The highest BCUT2D eigenvalue weighted by Crippen LogP contribution is 2.15. The van der Waals surface area contributed by atoms with Crippen LogP contribution in [0.2, 0.25) is 0 Å². The van der Waals surface area contributed by atoms with Gasteiger partial charge in [-0.05, 0) is 37.1 Å². The maximum Gasteiger partial charge on any atom is 0.0722 e. The predicted octanol–water partition coefficient (Wildman–Crippen LogP) is 2.54. The highest BCUT2D eigenvalue weighted by Gasteiger charge is 1.98. The van der Waals surface area contributed by atoms with Crippen LogP contribution < -0.4 is 4.90 Å². The number of aliphatic hydroxyl groups is 1. The van der Waals surface area contributed by atoms with Gasteiger partial charge in [0.25, 0.3) is 0 Å². The van der Waals surface area contributed by atoms with E-state index in [0.717, 1.165) is 11.1 Å². The monoisotopic (exact) mass is 205 g/mol. The lowest BCUT2D eigenvalue weighted by molar-refractivity contribution is 0.232. The molecule has 15 heavy (non-hydrogen) atoms. The average Bonchev–Trinajstić information content (AvgIpc) is 2.18. The molecule has 1 aromatic rings. The van der Waals surface area contributed by atoms with Crippen molar-refractivity contribution in [1.29, 1.82) is 0 Å². The first-order valence-corrected chi connectivity index (χ1v) is 5.14. The lowest BCUT2D eigenvalue weighted by Crippen LogP contribution is -2.08. The molecule has 2 heteroatoms. The van der Waals surface area contributed by atoms with Gasteiger partial charge < -0.3 is 10.0 Å². The van der Waals surface area contributed by atoms with Crippen molar-refractivity contribution in [2.45, 2.75) is 20.0 Å². The molecule has 0 aromatic heterocycles. The number of nitrogens with zero attached hydrogens (tertiary/aromatic N) is 1. The minimum Gasteiger partial charge on any atom is -0.389 e. The second-order valence-electron chi connectivity index (χ2n) is 4.05. The summed E-state index contributed by atoms with van der Waals surface area (Å²) in [5.41, 5.74) is 3.29. The first-order valence-electron chi connectivity index (χ1n) is 5.14. The summed E-state index contributed by atoms with van der Waals surface area (Å²) in [5.74, 6) is 0. The van der Waals surface area contributed by atoms with Crippen LogP contribution in [-0.4, -0.2) is 25.3 Å². The fourth-order valence-corrected chi connectivity index (χ4v) is 1.25. The van der Waals surface area contributed by atoms with E-state index in [1.165, 1.54) is 5.69 Å². The van der Waals surface area contributed by atoms with Gasteiger partial charge in [0.1, 0.15) is 0 Å². The summed E-state index contributed by atoms with van der Waals surface area (Å²) in [7, 11) is 4.04. The molecule has 1 rings (SSSR count). The molecule has 1 unspecified atom stereocenters. The Morgan fingerprint density at radius 1 is 1.27 bits per heavy atom. The van der Waals surface area contributed by atoms with Crippen molar-refractivity contribution in [3.8, 4) is 0 Å². The van der Waals surface area contributed by atoms with Gasteiger partial charge in [-0.1, -0.05) is 18.2 Å². The van der Waals surface area contributed by atoms with E-state index in [-0.39, 0.29) is 6.10 Å². The number of anilines is 1. The number of rotatable bonds is 3. The maximum absolute atomic E-state index is 9.35. The zero-order valence-corrected chi connectivity index (χ0v) is 9.86. The van der Waals surface area contributed by atoms with E-state index in [4.69, 9.17) is 0 Å². The van der Waals surface area contributed by atoms with Crippen molar-refractivity contribution in [3.63, 3.8) is 0 Å². The summed E-state index contributed by atoms with van der Waals surface area (Å²) in [5, 5.41) is 9.35. The quantitative estimate of drug-likeness (QED) is 0.819. The molecule has 1 aromatic carbocycles. The fourth-order valence-electron chi connectivity index (χ4n) is 1.25. The molecule has 1 atom stereocenters. The standard InChI is InChI=1S/C13H19NO/c1-10(11(2)15)9-12-5-7-13(8-6-12)14(3)4/h5-9,11,15H,1-4H3/b10-9+. The van der Waals surface area contributed by atoms with E-state index in [2.05, 4.69) is 29.2 Å². The van der Waals surface area contributed by atoms with E-state index in [1.54, 1.807) is 6.92 Å². The van der Waals surface area contributed by atoms with Crippen molar-refractivity contribution in [3.05, 3.63) is 35.4 Å². The van der Waals surface area contributed by atoms with Crippen LogP contribution in [0.4, 0.5) is 5.69 Å². The van der Waals surface area contributed by atoms with Gasteiger partial charge in [-0.25, -0.2) is 0 Å². The highest BCUT2D eigenvalue weighted by atomic mass is 16.3. The van der Waals surface area contributed by atoms with Crippen molar-refractivity contribution in [2.75, 3.05) is 19.0 Å². The summed E-state index contributed by atoms with van der Waals surface area (Å²) in [6, 6.07) is 8.25. The molecule has 0 saturated carbocycles. The molecule has 0 radical (unpaired) electrons. The molecule has 0 aliphatic carbocycles. The van der Waals surface area contributed by atoms with Crippen LogP contribution in [0.5, 0.6) is 0 Å². The molecule has 82 valence electrons. The Morgan fingerprint density at radius 2 is 1.80 bits per heavy atom. The molecule has 0 saturated heterocycles. The molecular formula is C13H19NO.